The Morgan fingerprint density at radius 1 is 1.27 bits per heavy atom. The molecule has 1 rings (SSSR count). The highest BCUT2D eigenvalue weighted by molar-refractivity contribution is 6.44. The van der Waals surface area contributed by atoms with Crippen LogP contribution in [0.2, 0.25) is 15.1 Å². The molecule has 1 atom stereocenters. The van der Waals surface area contributed by atoms with Gasteiger partial charge >= 0.3 is 0 Å². The van der Waals surface area contributed by atoms with Crippen LogP contribution in [0.5, 0.6) is 0 Å². The first-order valence-corrected chi connectivity index (χ1v) is 5.59. The Labute approximate surface area is 105 Å². The van der Waals surface area contributed by atoms with E-state index >= 15 is 0 Å². The average molecular weight is 263 g/mol. The maximum Gasteiger partial charge on any atom is 0.0872 e. The second-order valence-electron chi connectivity index (χ2n) is 3.02. The van der Waals surface area contributed by atoms with Crippen molar-refractivity contribution in [2.45, 2.75) is 19.4 Å². The molecule has 0 aliphatic rings. The zero-order valence-corrected chi connectivity index (χ0v) is 10.4. The molecule has 0 spiro atoms. The largest absolute Gasteiger partial charge is 0.370 e. The van der Waals surface area contributed by atoms with Gasteiger partial charge in [-0.3, -0.25) is 0 Å². The average Bonchev–Trinajstić information content (AvgIpc) is 2.21. The molecule has 0 aromatic heterocycles. The van der Waals surface area contributed by atoms with Crippen molar-refractivity contribution < 1.29 is 0 Å². The predicted octanol–water partition coefficient (Wildman–Crippen LogP) is 4.47. The summed E-state index contributed by atoms with van der Waals surface area (Å²) in [4.78, 5) is 0. The molecule has 0 saturated heterocycles. The lowest BCUT2D eigenvalue weighted by Crippen LogP contribution is -2.15. The van der Waals surface area contributed by atoms with E-state index in [0.29, 0.717) is 20.8 Å². The number of rotatable bonds is 3. The molecule has 0 heterocycles. The Balaban J connectivity index is 2.96. The summed E-state index contributed by atoms with van der Waals surface area (Å²) in [5.41, 5.74) is 0.705. The Bertz CT molecular complexity index is 396. The van der Waals surface area contributed by atoms with Crippen LogP contribution in [0, 0.1) is 12.3 Å². The van der Waals surface area contributed by atoms with Crippen LogP contribution in [-0.2, 0) is 0 Å². The van der Waals surface area contributed by atoms with E-state index in [1.807, 2.05) is 6.92 Å². The molecule has 0 saturated carbocycles. The van der Waals surface area contributed by atoms with E-state index in [4.69, 9.17) is 41.2 Å². The molecule has 4 heteroatoms. The molecule has 1 aromatic rings. The molecule has 0 fully saturated rings. The van der Waals surface area contributed by atoms with Gasteiger partial charge in [0.25, 0.3) is 0 Å². The zero-order valence-electron chi connectivity index (χ0n) is 8.15. The summed E-state index contributed by atoms with van der Waals surface area (Å²) in [6.07, 6.45) is 6.15. The number of anilines is 1. The van der Waals surface area contributed by atoms with Crippen LogP contribution in [0.25, 0.3) is 0 Å². The maximum atomic E-state index is 5.99. The van der Waals surface area contributed by atoms with Gasteiger partial charge in [-0.1, -0.05) is 47.6 Å². The van der Waals surface area contributed by atoms with Crippen LogP contribution in [0.3, 0.4) is 0 Å². The van der Waals surface area contributed by atoms with E-state index in [0.717, 1.165) is 6.42 Å². The van der Waals surface area contributed by atoms with E-state index in [1.54, 1.807) is 12.1 Å². The van der Waals surface area contributed by atoms with Crippen molar-refractivity contribution in [3.8, 4) is 12.3 Å². The quantitative estimate of drug-likeness (QED) is 0.626. The van der Waals surface area contributed by atoms with Gasteiger partial charge in [0, 0.05) is 0 Å². The van der Waals surface area contributed by atoms with Crippen molar-refractivity contribution in [1.29, 1.82) is 0 Å². The van der Waals surface area contributed by atoms with Crippen LogP contribution >= 0.6 is 34.8 Å². The number of hydrogen-bond donors (Lipinski definition) is 1. The molecule has 15 heavy (non-hydrogen) atoms. The summed E-state index contributed by atoms with van der Waals surface area (Å²) >= 11 is 17.7. The lowest BCUT2D eigenvalue weighted by Gasteiger charge is -2.14. The van der Waals surface area contributed by atoms with E-state index in [9.17, 15) is 0 Å². The number of nitrogens with one attached hydrogen (secondary N) is 1. The van der Waals surface area contributed by atoms with E-state index in [2.05, 4.69) is 11.2 Å². The van der Waals surface area contributed by atoms with Gasteiger partial charge in [0.05, 0.1) is 26.8 Å². The van der Waals surface area contributed by atoms with E-state index in [-0.39, 0.29) is 6.04 Å². The van der Waals surface area contributed by atoms with Crippen molar-refractivity contribution in [1.82, 2.24) is 0 Å². The highest BCUT2D eigenvalue weighted by Gasteiger charge is 2.08. The number of terminal acetylenes is 1. The molecule has 1 unspecified atom stereocenters. The summed E-state index contributed by atoms with van der Waals surface area (Å²) in [5.74, 6) is 2.62. The van der Waals surface area contributed by atoms with Gasteiger partial charge in [-0.05, 0) is 18.6 Å². The number of hydrogen-bond acceptors (Lipinski definition) is 1. The summed E-state index contributed by atoms with van der Waals surface area (Å²) in [6, 6.07) is 3.21. The van der Waals surface area contributed by atoms with Crippen molar-refractivity contribution in [2.24, 2.45) is 0 Å². The summed E-state index contributed by atoms with van der Waals surface area (Å²) in [6.45, 7) is 1.99. The van der Waals surface area contributed by atoms with Crippen LogP contribution in [0.4, 0.5) is 5.69 Å². The fraction of sp³-hybridized carbons (Fsp3) is 0.273. The monoisotopic (exact) mass is 261 g/mol. The molecule has 1 N–H and O–H groups in total. The normalized spacial score (nSPS) is 11.9. The lowest BCUT2D eigenvalue weighted by molar-refractivity contribution is 0.858. The standard InChI is InChI=1S/C11H10Cl3N/c1-3-7(4-2)15-11-6-9(13)8(12)5-10(11)14/h1,5-7,15H,4H2,2H3. The molecule has 0 aliphatic carbocycles. The number of benzene rings is 1. The van der Waals surface area contributed by atoms with E-state index < -0.39 is 0 Å². The minimum atomic E-state index is -0.0558. The Morgan fingerprint density at radius 2 is 1.87 bits per heavy atom. The van der Waals surface area contributed by atoms with Crippen molar-refractivity contribution in [3.05, 3.63) is 27.2 Å². The number of halogens is 3. The van der Waals surface area contributed by atoms with Gasteiger partial charge in [0.2, 0.25) is 0 Å². The molecular weight excluding hydrogens is 252 g/mol. The van der Waals surface area contributed by atoms with Crippen LogP contribution in [0.15, 0.2) is 12.1 Å². The van der Waals surface area contributed by atoms with Crippen molar-refractivity contribution in [3.63, 3.8) is 0 Å². The highest BCUT2D eigenvalue weighted by Crippen LogP contribution is 2.32. The second kappa shape index (κ2) is 5.51. The minimum Gasteiger partial charge on any atom is -0.370 e. The third kappa shape index (κ3) is 3.21. The van der Waals surface area contributed by atoms with Gasteiger partial charge in [0.15, 0.2) is 0 Å². The summed E-state index contributed by atoms with van der Waals surface area (Å²) in [5, 5.41) is 4.50. The Kier molecular flexibility index (Phi) is 4.60. The first-order chi connectivity index (χ1) is 7.08. The molecule has 0 bridgehead atoms. The molecule has 0 aliphatic heterocycles. The molecule has 80 valence electrons. The zero-order chi connectivity index (χ0) is 11.4. The second-order valence-corrected chi connectivity index (χ2v) is 4.24. The van der Waals surface area contributed by atoms with Gasteiger partial charge in [-0.15, -0.1) is 6.42 Å². The fourth-order valence-corrected chi connectivity index (χ4v) is 1.68. The minimum absolute atomic E-state index is 0.0558. The highest BCUT2D eigenvalue weighted by atomic mass is 35.5. The molecular formula is C11H10Cl3N. The third-order valence-electron chi connectivity index (χ3n) is 1.95. The molecule has 0 radical (unpaired) electrons. The van der Waals surface area contributed by atoms with Crippen LogP contribution in [0.1, 0.15) is 13.3 Å². The van der Waals surface area contributed by atoms with Gasteiger partial charge in [0.1, 0.15) is 0 Å². The SMILES string of the molecule is C#CC(CC)Nc1cc(Cl)c(Cl)cc1Cl. The molecule has 0 amide bonds. The van der Waals surface area contributed by atoms with Crippen LogP contribution in [-0.4, -0.2) is 6.04 Å². The predicted molar refractivity (Wildman–Crippen MR) is 68.0 cm³/mol. The first kappa shape index (κ1) is 12.5. The van der Waals surface area contributed by atoms with Crippen molar-refractivity contribution >= 4 is 40.5 Å². The molecule has 1 aromatic carbocycles. The topological polar surface area (TPSA) is 12.0 Å². The third-order valence-corrected chi connectivity index (χ3v) is 2.98. The van der Waals surface area contributed by atoms with Gasteiger partial charge in [-0.25, -0.2) is 0 Å². The van der Waals surface area contributed by atoms with Gasteiger partial charge in [-0.2, -0.15) is 0 Å². The fourth-order valence-electron chi connectivity index (χ4n) is 1.08. The Hall–Kier alpha value is -0.550. The van der Waals surface area contributed by atoms with E-state index in [1.165, 1.54) is 0 Å². The lowest BCUT2D eigenvalue weighted by atomic mass is 10.2. The maximum absolute atomic E-state index is 5.99. The van der Waals surface area contributed by atoms with Crippen molar-refractivity contribution in [2.75, 3.05) is 5.32 Å². The van der Waals surface area contributed by atoms with Crippen LogP contribution < -0.4 is 5.32 Å². The Morgan fingerprint density at radius 3 is 2.40 bits per heavy atom. The summed E-state index contributed by atoms with van der Waals surface area (Å²) < 4.78 is 0. The summed E-state index contributed by atoms with van der Waals surface area (Å²) in [7, 11) is 0. The smallest absolute Gasteiger partial charge is 0.0872 e. The molecule has 1 nitrogen and oxygen atoms in total. The van der Waals surface area contributed by atoms with Gasteiger partial charge < -0.3 is 5.32 Å². The first-order valence-electron chi connectivity index (χ1n) is 4.45.